The van der Waals surface area contributed by atoms with Crippen LogP contribution in [0.5, 0.6) is 0 Å². The highest BCUT2D eigenvalue weighted by Gasteiger charge is 2.37. The summed E-state index contributed by atoms with van der Waals surface area (Å²) in [5, 5.41) is 0. The van der Waals surface area contributed by atoms with E-state index in [1.807, 2.05) is 37.8 Å². The first-order valence-corrected chi connectivity index (χ1v) is 6.62. The van der Waals surface area contributed by atoms with Crippen LogP contribution in [-0.4, -0.2) is 28.7 Å². The third kappa shape index (κ3) is 3.90. The number of hydrogen-bond donors (Lipinski definition) is 0. The Balaban J connectivity index is 2.78. The van der Waals surface area contributed by atoms with Crippen molar-refractivity contribution < 1.29 is 9.53 Å². The van der Waals surface area contributed by atoms with E-state index in [0.29, 0.717) is 0 Å². The summed E-state index contributed by atoms with van der Waals surface area (Å²) in [4.78, 5) is 14.2. The Bertz CT molecular complexity index is 299. The molecule has 0 aromatic carbocycles. The zero-order valence-electron chi connectivity index (χ0n) is 11.8. The Labute approximate surface area is 110 Å². The number of amides is 1. The maximum atomic E-state index is 12.3. The Hall–Kier alpha value is -1.25. The molecule has 0 N–H and O–H groups in total. The van der Waals surface area contributed by atoms with Gasteiger partial charge in [0.1, 0.15) is 5.60 Å². The molecule has 1 aliphatic rings. The van der Waals surface area contributed by atoms with Gasteiger partial charge in [0.2, 0.25) is 0 Å². The molecule has 0 spiro atoms. The van der Waals surface area contributed by atoms with Crippen molar-refractivity contribution in [2.24, 2.45) is 0 Å². The monoisotopic (exact) mass is 251 g/mol. The summed E-state index contributed by atoms with van der Waals surface area (Å²) in [6.45, 7) is 13.2. The molecule has 3 nitrogen and oxygen atoms in total. The lowest BCUT2D eigenvalue weighted by Crippen LogP contribution is -2.44. The highest BCUT2D eigenvalue weighted by molar-refractivity contribution is 5.69. The quantitative estimate of drug-likeness (QED) is 0.709. The number of likely N-dealkylation sites (tertiary alicyclic amines) is 1. The summed E-state index contributed by atoms with van der Waals surface area (Å²) in [7, 11) is 0. The van der Waals surface area contributed by atoms with Gasteiger partial charge in [-0.1, -0.05) is 12.2 Å². The van der Waals surface area contributed by atoms with Crippen LogP contribution in [0.1, 0.15) is 46.5 Å². The summed E-state index contributed by atoms with van der Waals surface area (Å²) in [5.41, 5.74) is -0.447. The molecule has 2 atom stereocenters. The van der Waals surface area contributed by atoms with Crippen molar-refractivity contribution in [2.75, 3.05) is 0 Å². The number of rotatable bonds is 4. The van der Waals surface area contributed by atoms with Crippen LogP contribution in [0.25, 0.3) is 0 Å². The van der Waals surface area contributed by atoms with E-state index < -0.39 is 5.60 Å². The third-order valence-corrected chi connectivity index (χ3v) is 3.10. The fraction of sp³-hybridized carbons (Fsp3) is 0.667. The number of carbonyl (C=O) groups excluding carboxylic acids is 1. The molecule has 1 amide bonds. The van der Waals surface area contributed by atoms with Crippen LogP contribution in [0.2, 0.25) is 0 Å². The summed E-state index contributed by atoms with van der Waals surface area (Å²) in [6.07, 6.45) is 7.22. The average Bonchev–Trinajstić information content (AvgIpc) is 2.60. The van der Waals surface area contributed by atoms with E-state index in [-0.39, 0.29) is 18.2 Å². The largest absolute Gasteiger partial charge is 0.444 e. The molecule has 1 fully saturated rings. The number of carbonyl (C=O) groups is 1. The van der Waals surface area contributed by atoms with Crippen molar-refractivity contribution >= 4 is 6.09 Å². The number of hydrogen-bond acceptors (Lipinski definition) is 2. The molecule has 0 aliphatic carbocycles. The molecular formula is C15H25NO2. The van der Waals surface area contributed by atoms with Crippen LogP contribution >= 0.6 is 0 Å². The molecule has 0 unspecified atom stereocenters. The molecule has 0 bridgehead atoms. The molecule has 3 heteroatoms. The Morgan fingerprint density at radius 3 is 2.00 bits per heavy atom. The Kier molecular flexibility index (Phi) is 5.00. The van der Waals surface area contributed by atoms with Gasteiger partial charge in [0.15, 0.2) is 0 Å². The van der Waals surface area contributed by atoms with Crippen molar-refractivity contribution in [1.82, 2.24) is 4.90 Å². The molecule has 18 heavy (non-hydrogen) atoms. The predicted octanol–water partition coefficient (Wildman–Crippen LogP) is 3.91. The minimum absolute atomic E-state index is 0.210. The van der Waals surface area contributed by atoms with Crippen molar-refractivity contribution in [1.29, 1.82) is 0 Å². The van der Waals surface area contributed by atoms with E-state index in [0.717, 1.165) is 25.7 Å². The Morgan fingerprint density at radius 1 is 1.22 bits per heavy atom. The molecule has 102 valence electrons. The molecule has 0 aromatic rings. The minimum Gasteiger partial charge on any atom is -0.444 e. The van der Waals surface area contributed by atoms with Gasteiger partial charge in [0.05, 0.1) is 0 Å². The van der Waals surface area contributed by atoms with Crippen LogP contribution in [0.3, 0.4) is 0 Å². The normalized spacial score (nSPS) is 23.8. The van der Waals surface area contributed by atoms with Gasteiger partial charge in [-0.2, -0.15) is 0 Å². The molecule has 0 saturated carbocycles. The smallest absolute Gasteiger partial charge is 0.410 e. The van der Waals surface area contributed by atoms with Crippen LogP contribution in [-0.2, 0) is 4.74 Å². The van der Waals surface area contributed by atoms with Crippen molar-refractivity contribution in [3.05, 3.63) is 25.3 Å². The lowest BCUT2D eigenvalue weighted by molar-refractivity contribution is 0.0151. The van der Waals surface area contributed by atoms with Gasteiger partial charge in [-0.3, -0.25) is 0 Å². The second-order valence-electron chi connectivity index (χ2n) is 5.82. The second kappa shape index (κ2) is 6.07. The van der Waals surface area contributed by atoms with Crippen LogP contribution in [0, 0.1) is 0 Å². The van der Waals surface area contributed by atoms with E-state index in [9.17, 15) is 4.79 Å². The highest BCUT2D eigenvalue weighted by atomic mass is 16.6. The predicted molar refractivity (Wildman–Crippen MR) is 74.5 cm³/mol. The summed E-state index contributed by atoms with van der Waals surface area (Å²) < 4.78 is 5.49. The van der Waals surface area contributed by atoms with Gasteiger partial charge in [-0.05, 0) is 46.5 Å². The summed E-state index contributed by atoms with van der Waals surface area (Å²) in [6, 6.07) is 0.449. The first kappa shape index (κ1) is 14.8. The maximum Gasteiger partial charge on any atom is 0.410 e. The van der Waals surface area contributed by atoms with Crippen molar-refractivity contribution in [2.45, 2.75) is 64.1 Å². The number of nitrogens with zero attached hydrogens (tertiary/aromatic N) is 1. The third-order valence-electron chi connectivity index (χ3n) is 3.10. The second-order valence-corrected chi connectivity index (χ2v) is 5.82. The van der Waals surface area contributed by atoms with Gasteiger partial charge < -0.3 is 9.64 Å². The summed E-state index contributed by atoms with van der Waals surface area (Å²) in [5.74, 6) is 0. The Morgan fingerprint density at radius 2 is 1.67 bits per heavy atom. The first-order valence-electron chi connectivity index (χ1n) is 6.62. The maximum absolute atomic E-state index is 12.3. The van der Waals surface area contributed by atoms with Gasteiger partial charge in [0, 0.05) is 12.1 Å². The van der Waals surface area contributed by atoms with Crippen LogP contribution in [0.4, 0.5) is 4.79 Å². The van der Waals surface area contributed by atoms with E-state index in [1.165, 1.54) is 0 Å². The zero-order valence-corrected chi connectivity index (χ0v) is 11.8. The van der Waals surface area contributed by atoms with Gasteiger partial charge in [-0.25, -0.2) is 4.79 Å². The fourth-order valence-electron chi connectivity index (χ4n) is 2.42. The molecule has 1 rings (SSSR count). The molecule has 0 radical (unpaired) electrons. The lowest BCUT2D eigenvalue weighted by atomic mass is 10.1. The molecule has 1 heterocycles. The van der Waals surface area contributed by atoms with Gasteiger partial charge in [-0.15, -0.1) is 13.2 Å². The van der Waals surface area contributed by atoms with Crippen LogP contribution in [0.15, 0.2) is 25.3 Å². The van der Waals surface area contributed by atoms with Gasteiger partial charge >= 0.3 is 6.09 Å². The van der Waals surface area contributed by atoms with E-state index in [2.05, 4.69) is 13.2 Å². The minimum atomic E-state index is -0.447. The highest BCUT2D eigenvalue weighted by Crippen LogP contribution is 2.30. The lowest BCUT2D eigenvalue weighted by Gasteiger charge is -2.32. The first-order chi connectivity index (χ1) is 8.39. The standard InChI is InChI=1S/C15H25NO2/c1-6-8-12-10-11-13(9-7-2)16(12)14(17)18-15(3,4)5/h6-7,12-13H,1-2,8-11H2,3-5H3/t12-,13+. The average molecular weight is 251 g/mol. The molecule has 0 aromatic heterocycles. The topological polar surface area (TPSA) is 29.5 Å². The molecule has 1 saturated heterocycles. The number of ether oxygens (including phenoxy) is 1. The van der Waals surface area contributed by atoms with E-state index >= 15 is 0 Å². The molecular weight excluding hydrogens is 226 g/mol. The SMILES string of the molecule is C=CC[C@@H]1CC[C@H](CC=C)N1C(=O)OC(C)(C)C. The van der Waals surface area contributed by atoms with Gasteiger partial charge in [0.25, 0.3) is 0 Å². The van der Waals surface area contributed by atoms with Crippen LogP contribution < -0.4 is 0 Å². The fourth-order valence-corrected chi connectivity index (χ4v) is 2.42. The van der Waals surface area contributed by atoms with Crippen molar-refractivity contribution in [3.8, 4) is 0 Å². The van der Waals surface area contributed by atoms with E-state index in [1.54, 1.807) is 0 Å². The van der Waals surface area contributed by atoms with E-state index in [4.69, 9.17) is 4.74 Å². The zero-order chi connectivity index (χ0) is 13.8. The van der Waals surface area contributed by atoms with Crippen molar-refractivity contribution in [3.63, 3.8) is 0 Å². The summed E-state index contributed by atoms with van der Waals surface area (Å²) >= 11 is 0. The molecule has 1 aliphatic heterocycles.